The minimum absolute atomic E-state index is 0.670. The van der Waals surface area contributed by atoms with Crippen LogP contribution >= 0.6 is 0 Å². The van der Waals surface area contributed by atoms with E-state index in [1.54, 1.807) is 7.11 Å². The van der Waals surface area contributed by atoms with Crippen molar-refractivity contribution in [1.29, 1.82) is 0 Å². The number of nitrogens with zero attached hydrogens (tertiary/aromatic N) is 1. The van der Waals surface area contributed by atoms with Crippen LogP contribution in [0.25, 0.3) is 0 Å². The van der Waals surface area contributed by atoms with E-state index in [1.165, 1.54) is 36.9 Å². The van der Waals surface area contributed by atoms with E-state index >= 15 is 0 Å². The molecule has 1 aromatic heterocycles. The van der Waals surface area contributed by atoms with Gasteiger partial charge in [0.1, 0.15) is 0 Å². The van der Waals surface area contributed by atoms with Crippen molar-refractivity contribution in [3.63, 3.8) is 0 Å². The molecule has 2 rings (SSSR count). The average Bonchev–Trinajstić information content (AvgIpc) is 2.69. The highest BCUT2D eigenvalue weighted by molar-refractivity contribution is 5.26. The Morgan fingerprint density at radius 2 is 2.00 bits per heavy atom. The second-order valence-electron chi connectivity index (χ2n) is 4.09. The van der Waals surface area contributed by atoms with Gasteiger partial charge < -0.3 is 4.74 Å². The zero-order chi connectivity index (χ0) is 9.97. The first kappa shape index (κ1) is 9.50. The number of methoxy groups -OCH3 is 1. The first-order valence-electron chi connectivity index (χ1n) is 5.32. The summed E-state index contributed by atoms with van der Waals surface area (Å²) in [7, 11) is 1.68. The number of ether oxygens (including phenoxy) is 1. The van der Waals surface area contributed by atoms with Gasteiger partial charge in [0.2, 0.25) is 5.88 Å². The summed E-state index contributed by atoms with van der Waals surface area (Å²) in [4.78, 5) is 4.51. The summed E-state index contributed by atoms with van der Waals surface area (Å²) in [6.45, 7) is 2.10. The fourth-order valence-electron chi connectivity index (χ4n) is 2.20. The van der Waals surface area contributed by atoms with E-state index in [4.69, 9.17) is 4.74 Å². The van der Waals surface area contributed by atoms with Gasteiger partial charge in [-0.3, -0.25) is 0 Å². The lowest BCUT2D eigenvalue weighted by Crippen LogP contribution is -1.99. The van der Waals surface area contributed by atoms with Crippen LogP contribution in [0.3, 0.4) is 0 Å². The van der Waals surface area contributed by atoms with Crippen LogP contribution in [-0.4, -0.2) is 12.1 Å². The quantitative estimate of drug-likeness (QED) is 0.716. The molecule has 0 atom stereocenters. The van der Waals surface area contributed by atoms with E-state index in [-0.39, 0.29) is 0 Å². The molecule has 0 saturated heterocycles. The number of aryl methyl sites for hydroxylation is 1. The van der Waals surface area contributed by atoms with Gasteiger partial charge >= 0.3 is 0 Å². The third-order valence-electron chi connectivity index (χ3n) is 2.95. The van der Waals surface area contributed by atoms with Crippen molar-refractivity contribution in [3.8, 4) is 5.88 Å². The van der Waals surface area contributed by atoms with Crippen molar-refractivity contribution in [3.05, 3.63) is 23.4 Å². The maximum Gasteiger partial charge on any atom is 0.213 e. The molecule has 0 radical (unpaired) electrons. The Hall–Kier alpha value is -1.05. The maximum atomic E-state index is 5.18. The van der Waals surface area contributed by atoms with Crippen LogP contribution in [0.5, 0.6) is 5.88 Å². The Bertz CT molecular complexity index is 316. The monoisotopic (exact) mass is 191 g/mol. The van der Waals surface area contributed by atoms with Crippen LogP contribution in [0.2, 0.25) is 0 Å². The van der Waals surface area contributed by atoms with E-state index in [9.17, 15) is 0 Å². The van der Waals surface area contributed by atoms with Gasteiger partial charge in [-0.2, -0.15) is 0 Å². The molecule has 1 aliphatic rings. The van der Waals surface area contributed by atoms with E-state index < -0.39 is 0 Å². The summed E-state index contributed by atoms with van der Waals surface area (Å²) in [5.74, 6) is 1.43. The summed E-state index contributed by atoms with van der Waals surface area (Å²) in [5, 5.41) is 0. The van der Waals surface area contributed by atoms with E-state index in [0.29, 0.717) is 5.92 Å². The van der Waals surface area contributed by atoms with Gasteiger partial charge in [-0.15, -0.1) is 0 Å². The Labute approximate surface area is 85.3 Å². The van der Waals surface area contributed by atoms with Gasteiger partial charge in [-0.25, -0.2) is 4.98 Å². The van der Waals surface area contributed by atoms with Crippen molar-refractivity contribution >= 4 is 0 Å². The second-order valence-corrected chi connectivity index (χ2v) is 4.09. The topological polar surface area (TPSA) is 22.1 Å². The van der Waals surface area contributed by atoms with Gasteiger partial charge in [0.25, 0.3) is 0 Å². The predicted molar refractivity (Wildman–Crippen MR) is 56.7 cm³/mol. The number of hydrogen-bond donors (Lipinski definition) is 0. The molecule has 0 N–H and O–H groups in total. The molecule has 0 bridgehead atoms. The highest BCUT2D eigenvalue weighted by Gasteiger charge is 2.18. The standard InChI is InChI=1S/C12H17NO/c1-9-7-11(10-5-3-4-6-10)13-12(8-9)14-2/h7-8,10H,3-6H2,1-2H3. The molecule has 1 aromatic rings. The van der Waals surface area contributed by atoms with Crippen molar-refractivity contribution in [2.45, 2.75) is 38.5 Å². The molecule has 2 heteroatoms. The van der Waals surface area contributed by atoms with Gasteiger partial charge in [0, 0.05) is 17.7 Å². The summed E-state index contributed by atoms with van der Waals surface area (Å²) < 4.78 is 5.18. The first-order valence-corrected chi connectivity index (χ1v) is 5.32. The number of hydrogen-bond acceptors (Lipinski definition) is 2. The SMILES string of the molecule is COc1cc(C)cc(C2CCCC2)n1. The van der Waals surface area contributed by atoms with Crippen LogP contribution in [0.4, 0.5) is 0 Å². The highest BCUT2D eigenvalue weighted by Crippen LogP contribution is 2.34. The Balaban J connectivity index is 2.27. The molecule has 1 saturated carbocycles. The fourth-order valence-corrected chi connectivity index (χ4v) is 2.20. The zero-order valence-corrected chi connectivity index (χ0v) is 8.92. The lowest BCUT2D eigenvalue weighted by atomic mass is 10.0. The van der Waals surface area contributed by atoms with Crippen LogP contribution in [0.15, 0.2) is 12.1 Å². The normalized spacial score (nSPS) is 17.3. The highest BCUT2D eigenvalue weighted by atomic mass is 16.5. The Morgan fingerprint density at radius 3 is 2.64 bits per heavy atom. The van der Waals surface area contributed by atoms with Gasteiger partial charge in [0.15, 0.2) is 0 Å². The van der Waals surface area contributed by atoms with Crippen LogP contribution in [0, 0.1) is 6.92 Å². The predicted octanol–water partition coefficient (Wildman–Crippen LogP) is 3.06. The summed E-state index contributed by atoms with van der Waals surface area (Å²) >= 11 is 0. The van der Waals surface area contributed by atoms with Gasteiger partial charge in [0.05, 0.1) is 7.11 Å². The van der Waals surface area contributed by atoms with Crippen LogP contribution in [0.1, 0.15) is 42.9 Å². The number of aromatic nitrogens is 1. The van der Waals surface area contributed by atoms with E-state index in [0.717, 1.165) is 5.88 Å². The molecule has 0 aromatic carbocycles. The smallest absolute Gasteiger partial charge is 0.213 e. The van der Waals surface area contributed by atoms with E-state index in [2.05, 4.69) is 18.0 Å². The molecule has 0 amide bonds. The van der Waals surface area contributed by atoms with Gasteiger partial charge in [-0.05, 0) is 31.4 Å². The number of pyridine rings is 1. The second kappa shape index (κ2) is 3.99. The Kier molecular flexibility index (Phi) is 2.71. The Morgan fingerprint density at radius 1 is 1.29 bits per heavy atom. The summed E-state index contributed by atoms with van der Waals surface area (Å²) in [6.07, 6.45) is 5.28. The van der Waals surface area contributed by atoms with E-state index in [1.807, 2.05) is 6.07 Å². The molecule has 2 nitrogen and oxygen atoms in total. The lowest BCUT2D eigenvalue weighted by Gasteiger charge is -2.10. The minimum atomic E-state index is 0.670. The number of rotatable bonds is 2. The average molecular weight is 191 g/mol. The third kappa shape index (κ3) is 1.89. The summed E-state index contributed by atoms with van der Waals surface area (Å²) in [5.41, 5.74) is 2.47. The lowest BCUT2D eigenvalue weighted by molar-refractivity contribution is 0.394. The maximum absolute atomic E-state index is 5.18. The molecule has 1 aliphatic carbocycles. The molecular weight excluding hydrogens is 174 g/mol. The molecule has 1 fully saturated rings. The van der Waals surface area contributed by atoms with Gasteiger partial charge in [-0.1, -0.05) is 12.8 Å². The molecule has 14 heavy (non-hydrogen) atoms. The molecule has 0 spiro atoms. The molecule has 0 unspecified atom stereocenters. The largest absolute Gasteiger partial charge is 0.481 e. The molecule has 1 heterocycles. The van der Waals surface area contributed by atoms with Crippen molar-refractivity contribution in [1.82, 2.24) is 4.98 Å². The molecular formula is C12H17NO. The van der Waals surface area contributed by atoms with Crippen molar-refractivity contribution in [2.75, 3.05) is 7.11 Å². The third-order valence-corrected chi connectivity index (χ3v) is 2.95. The first-order chi connectivity index (χ1) is 6.79. The van der Waals surface area contributed by atoms with Crippen LogP contribution < -0.4 is 4.74 Å². The fraction of sp³-hybridized carbons (Fsp3) is 0.583. The molecule has 0 aliphatic heterocycles. The zero-order valence-electron chi connectivity index (χ0n) is 8.92. The molecule has 76 valence electrons. The summed E-state index contributed by atoms with van der Waals surface area (Å²) in [6, 6.07) is 4.18. The minimum Gasteiger partial charge on any atom is -0.481 e. The van der Waals surface area contributed by atoms with Crippen molar-refractivity contribution < 1.29 is 4.74 Å². The van der Waals surface area contributed by atoms with Crippen molar-refractivity contribution in [2.24, 2.45) is 0 Å². The van der Waals surface area contributed by atoms with Crippen LogP contribution in [-0.2, 0) is 0 Å².